The van der Waals surface area contributed by atoms with Crippen molar-refractivity contribution >= 4 is 22.5 Å². The van der Waals surface area contributed by atoms with Crippen molar-refractivity contribution < 1.29 is 35.9 Å². The Morgan fingerprint density at radius 2 is 1.81 bits per heavy atom. The van der Waals surface area contributed by atoms with E-state index < -0.39 is 35.4 Å². The van der Waals surface area contributed by atoms with Gasteiger partial charge in [0.1, 0.15) is 11.4 Å². The summed E-state index contributed by atoms with van der Waals surface area (Å²) in [5, 5.41) is 6.24. The highest BCUT2D eigenvalue weighted by atomic mass is 19.4. The lowest BCUT2D eigenvalue weighted by Gasteiger charge is -2.17. The summed E-state index contributed by atoms with van der Waals surface area (Å²) in [7, 11) is 0. The number of ether oxygens (including phenoxy) is 1. The van der Waals surface area contributed by atoms with Crippen LogP contribution in [-0.4, -0.2) is 40.9 Å². The van der Waals surface area contributed by atoms with Gasteiger partial charge in [-0.1, -0.05) is 12.1 Å². The lowest BCUT2D eigenvalue weighted by Crippen LogP contribution is -2.30. The summed E-state index contributed by atoms with van der Waals surface area (Å²) in [6, 6.07) is 13.1. The van der Waals surface area contributed by atoms with E-state index in [1.54, 1.807) is 18.2 Å². The van der Waals surface area contributed by atoms with Gasteiger partial charge in [0, 0.05) is 48.2 Å². The van der Waals surface area contributed by atoms with Crippen molar-refractivity contribution in [2.24, 2.45) is 0 Å². The number of hydrogen-bond acceptors (Lipinski definition) is 4. The molecule has 0 radical (unpaired) electrons. The molecule has 0 aliphatic carbocycles. The van der Waals surface area contributed by atoms with Crippen molar-refractivity contribution in [1.29, 1.82) is 0 Å². The van der Waals surface area contributed by atoms with Gasteiger partial charge >= 0.3 is 6.18 Å². The predicted octanol–water partition coefficient (Wildman–Crippen LogP) is 7.71. The normalized spacial score (nSPS) is 15.9. The molecule has 4 aromatic rings. The first-order valence-corrected chi connectivity index (χ1v) is 13.7. The van der Waals surface area contributed by atoms with Crippen LogP contribution < -0.4 is 10.6 Å². The number of rotatable bonds is 9. The minimum absolute atomic E-state index is 0.0201. The van der Waals surface area contributed by atoms with Crippen LogP contribution in [0.1, 0.15) is 59.9 Å². The van der Waals surface area contributed by atoms with E-state index in [0.717, 1.165) is 17.6 Å². The maximum absolute atomic E-state index is 13.8. The summed E-state index contributed by atoms with van der Waals surface area (Å²) in [6.45, 7) is 3.93. The highest BCUT2D eigenvalue weighted by Gasteiger charge is 2.30. The summed E-state index contributed by atoms with van der Waals surface area (Å²) < 4.78 is 88.3. The molecule has 228 valence electrons. The molecule has 1 aliphatic heterocycles. The van der Waals surface area contributed by atoms with Gasteiger partial charge in [-0.15, -0.1) is 0 Å². The molecule has 0 saturated carbocycles. The number of amides is 1. The molecule has 2 aromatic heterocycles. The molecular weight excluding hydrogens is 574 g/mol. The standard InChI is InChI=1S/C31H30F6N4O2/c1-30(2,34)17-38-14-18-11-24(27(28(32)33)39-15-18)29(42)40-22-7-8-25-20(12-22)13-26(41(25)23-9-10-43-16-23)19-3-5-21(6-4-19)31(35,36)37/h3-8,11-13,15,23,28,38H,9-10,14,16-17H2,1-2H3,(H,40,42). The van der Waals surface area contributed by atoms with Gasteiger partial charge in [-0.05, 0) is 73.9 Å². The van der Waals surface area contributed by atoms with Gasteiger partial charge in [-0.2, -0.15) is 13.2 Å². The van der Waals surface area contributed by atoms with Gasteiger partial charge in [0.05, 0.1) is 23.8 Å². The van der Waals surface area contributed by atoms with Crippen LogP contribution >= 0.6 is 0 Å². The van der Waals surface area contributed by atoms with Crippen LogP contribution in [0.4, 0.5) is 32.0 Å². The Labute approximate surface area is 244 Å². The zero-order valence-corrected chi connectivity index (χ0v) is 23.4. The molecule has 1 fully saturated rings. The van der Waals surface area contributed by atoms with Gasteiger partial charge in [0.15, 0.2) is 0 Å². The fourth-order valence-electron chi connectivity index (χ4n) is 5.16. The van der Waals surface area contributed by atoms with Crippen LogP contribution in [0, 0.1) is 0 Å². The fourth-order valence-corrected chi connectivity index (χ4v) is 5.16. The summed E-state index contributed by atoms with van der Waals surface area (Å²) in [6.07, 6.45) is -5.52. The zero-order chi connectivity index (χ0) is 30.9. The minimum atomic E-state index is -4.46. The smallest absolute Gasteiger partial charge is 0.379 e. The molecule has 1 aliphatic rings. The van der Waals surface area contributed by atoms with Gasteiger partial charge in [-0.3, -0.25) is 9.78 Å². The molecule has 0 bridgehead atoms. The SMILES string of the molecule is CC(C)(F)CNCc1cnc(C(F)F)c(C(=O)Nc2ccc3c(c2)cc(-c2ccc(C(F)(F)F)cc2)n3C2CCOC2)c1. The molecule has 1 unspecified atom stereocenters. The Hall–Kier alpha value is -3.90. The van der Waals surface area contributed by atoms with Crippen molar-refractivity contribution in [1.82, 2.24) is 14.9 Å². The molecule has 1 atom stereocenters. The Morgan fingerprint density at radius 3 is 2.44 bits per heavy atom. The number of nitrogens with one attached hydrogen (secondary N) is 2. The third kappa shape index (κ3) is 7.02. The second-order valence-corrected chi connectivity index (χ2v) is 11.1. The third-order valence-electron chi connectivity index (χ3n) is 7.18. The zero-order valence-electron chi connectivity index (χ0n) is 23.4. The van der Waals surface area contributed by atoms with E-state index in [9.17, 15) is 31.1 Å². The van der Waals surface area contributed by atoms with E-state index >= 15 is 0 Å². The van der Waals surface area contributed by atoms with Gasteiger partial charge in [0.2, 0.25) is 0 Å². The first-order chi connectivity index (χ1) is 20.3. The van der Waals surface area contributed by atoms with E-state index in [-0.39, 0.29) is 24.7 Å². The Bertz CT molecular complexity index is 1600. The van der Waals surface area contributed by atoms with Crippen molar-refractivity contribution in [3.63, 3.8) is 0 Å². The minimum Gasteiger partial charge on any atom is -0.379 e. The number of benzene rings is 2. The number of fused-ring (bicyclic) bond motifs is 1. The number of nitrogens with zero attached hydrogens (tertiary/aromatic N) is 2. The number of alkyl halides is 6. The number of anilines is 1. The maximum atomic E-state index is 13.8. The van der Waals surface area contributed by atoms with Crippen LogP contribution in [-0.2, 0) is 17.5 Å². The summed E-state index contributed by atoms with van der Waals surface area (Å²) in [5.74, 6) is -0.790. The van der Waals surface area contributed by atoms with E-state index in [0.29, 0.717) is 47.5 Å². The van der Waals surface area contributed by atoms with Crippen LogP contribution in [0.25, 0.3) is 22.2 Å². The molecule has 1 amide bonds. The number of pyridine rings is 1. The predicted molar refractivity (Wildman–Crippen MR) is 151 cm³/mol. The average molecular weight is 605 g/mol. The average Bonchev–Trinajstić information content (AvgIpc) is 3.59. The second-order valence-electron chi connectivity index (χ2n) is 11.1. The van der Waals surface area contributed by atoms with Crippen LogP contribution in [0.3, 0.4) is 0 Å². The van der Waals surface area contributed by atoms with E-state index in [1.807, 2.05) is 10.6 Å². The van der Waals surface area contributed by atoms with Crippen LogP contribution in [0.5, 0.6) is 0 Å². The van der Waals surface area contributed by atoms with Crippen molar-refractivity contribution in [3.8, 4) is 11.3 Å². The summed E-state index contributed by atoms with van der Waals surface area (Å²) in [4.78, 5) is 17.0. The number of aromatic nitrogens is 2. The molecule has 12 heteroatoms. The van der Waals surface area contributed by atoms with Crippen molar-refractivity contribution in [2.45, 2.75) is 51.1 Å². The lowest BCUT2D eigenvalue weighted by molar-refractivity contribution is -0.137. The van der Waals surface area contributed by atoms with E-state index in [1.165, 1.54) is 38.2 Å². The van der Waals surface area contributed by atoms with Crippen LogP contribution in [0.15, 0.2) is 60.8 Å². The first kappa shape index (κ1) is 30.6. The molecule has 43 heavy (non-hydrogen) atoms. The quantitative estimate of drug-likeness (QED) is 0.192. The Kier molecular flexibility index (Phi) is 8.53. The van der Waals surface area contributed by atoms with Gasteiger partial charge < -0.3 is 19.9 Å². The third-order valence-corrected chi connectivity index (χ3v) is 7.18. The fraction of sp³-hybridized carbons (Fsp3) is 0.355. The molecule has 2 aromatic carbocycles. The molecular formula is C31H30F6N4O2. The topological polar surface area (TPSA) is 68.2 Å². The summed E-state index contributed by atoms with van der Waals surface area (Å²) in [5.41, 5.74) is -0.403. The van der Waals surface area contributed by atoms with Crippen molar-refractivity contribution in [2.75, 3.05) is 25.1 Å². The number of hydrogen-bond donors (Lipinski definition) is 2. The van der Waals surface area contributed by atoms with E-state index in [4.69, 9.17) is 4.74 Å². The molecule has 3 heterocycles. The van der Waals surface area contributed by atoms with Gasteiger partial charge in [0.25, 0.3) is 12.3 Å². The number of carbonyl (C=O) groups is 1. The first-order valence-electron chi connectivity index (χ1n) is 13.7. The molecule has 5 rings (SSSR count). The van der Waals surface area contributed by atoms with Crippen molar-refractivity contribution in [3.05, 3.63) is 83.2 Å². The largest absolute Gasteiger partial charge is 0.416 e. The highest BCUT2D eigenvalue weighted by molar-refractivity contribution is 6.06. The lowest BCUT2D eigenvalue weighted by atomic mass is 10.1. The monoisotopic (exact) mass is 604 g/mol. The summed E-state index contributed by atoms with van der Waals surface area (Å²) >= 11 is 0. The molecule has 1 saturated heterocycles. The van der Waals surface area contributed by atoms with Gasteiger partial charge in [-0.25, -0.2) is 13.2 Å². The number of halogens is 6. The number of carbonyl (C=O) groups excluding carboxylic acids is 1. The molecule has 6 nitrogen and oxygen atoms in total. The molecule has 0 spiro atoms. The molecule has 2 N–H and O–H groups in total. The second kappa shape index (κ2) is 12.0. The van der Waals surface area contributed by atoms with Crippen LogP contribution in [0.2, 0.25) is 0 Å². The maximum Gasteiger partial charge on any atom is 0.416 e. The Balaban J connectivity index is 1.45. The highest BCUT2D eigenvalue weighted by Crippen LogP contribution is 2.37. The van der Waals surface area contributed by atoms with E-state index in [2.05, 4.69) is 15.6 Å². The Morgan fingerprint density at radius 1 is 1.07 bits per heavy atom.